The topological polar surface area (TPSA) is 67.8 Å². The van der Waals surface area contributed by atoms with Gasteiger partial charge in [-0.15, -0.1) is 11.3 Å². The molecule has 1 amide bonds. The highest BCUT2D eigenvalue weighted by Crippen LogP contribution is 2.24. The SMILES string of the molecule is Cc1cnc(NC(=O)c2nc(SCc3ccccc3F)ncc2Br)s1. The molecule has 0 saturated heterocycles. The van der Waals surface area contributed by atoms with E-state index in [1.54, 1.807) is 24.4 Å². The van der Waals surface area contributed by atoms with E-state index in [1.165, 1.54) is 35.4 Å². The molecule has 128 valence electrons. The van der Waals surface area contributed by atoms with Gasteiger partial charge in [-0.05, 0) is 34.5 Å². The summed E-state index contributed by atoms with van der Waals surface area (Å²) in [6.45, 7) is 1.91. The van der Waals surface area contributed by atoms with Crippen LogP contribution in [0.3, 0.4) is 0 Å². The van der Waals surface area contributed by atoms with Gasteiger partial charge < -0.3 is 0 Å². The molecule has 2 aromatic heterocycles. The molecule has 0 saturated carbocycles. The average molecular weight is 439 g/mol. The Morgan fingerprint density at radius 2 is 2.12 bits per heavy atom. The monoisotopic (exact) mass is 438 g/mol. The highest BCUT2D eigenvalue weighted by atomic mass is 79.9. The van der Waals surface area contributed by atoms with Crippen molar-refractivity contribution >= 4 is 50.1 Å². The van der Waals surface area contributed by atoms with Crippen molar-refractivity contribution in [2.24, 2.45) is 0 Å². The van der Waals surface area contributed by atoms with E-state index in [0.717, 1.165) is 4.88 Å². The molecule has 0 radical (unpaired) electrons. The molecule has 0 fully saturated rings. The number of carbonyl (C=O) groups excluding carboxylic acids is 1. The lowest BCUT2D eigenvalue weighted by Crippen LogP contribution is -2.15. The lowest BCUT2D eigenvalue weighted by molar-refractivity contribution is 0.102. The number of hydrogen-bond donors (Lipinski definition) is 1. The first kappa shape index (κ1) is 18.0. The fraction of sp³-hybridized carbons (Fsp3) is 0.125. The molecule has 0 aliphatic heterocycles. The fourth-order valence-corrected chi connectivity index (χ4v) is 3.74. The highest BCUT2D eigenvalue weighted by molar-refractivity contribution is 9.10. The van der Waals surface area contributed by atoms with Crippen LogP contribution >= 0.6 is 39.0 Å². The number of rotatable bonds is 5. The zero-order valence-corrected chi connectivity index (χ0v) is 16.2. The number of benzene rings is 1. The van der Waals surface area contributed by atoms with Gasteiger partial charge in [-0.2, -0.15) is 0 Å². The van der Waals surface area contributed by atoms with E-state index in [-0.39, 0.29) is 17.4 Å². The molecule has 0 aliphatic carbocycles. The van der Waals surface area contributed by atoms with E-state index in [1.807, 2.05) is 6.92 Å². The second kappa shape index (κ2) is 8.03. The van der Waals surface area contributed by atoms with Crippen molar-refractivity contribution in [1.29, 1.82) is 0 Å². The molecule has 1 aromatic carbocycles. The molecule has 2 heterocycles. The van der Waals surface area contributed by atoms with Crippen LogP contribution in [-0.4, -0.2) is 20.9 Å². The molecule has 0 spiro atoms. The lowest BCUT2D eigenvalue weighted by atomic mass is 10.2. The van der Waals surface area contributed by atoms with E-state index in [0.29, 0.717) is 26.1 Å². The number of amides is 1. The van der Waals surface area contributed by atoms with Crippen molar-refractivity contribution in [1.82, 2.24) is 15.0 Å². The molecule has 25 heavy (non-hydrogen) atoms. The summed E-state index contributed by atoms with van der Waals surface area (Å²) in [7, 11) is 0. The Morgan fingerprint density at radius 3 is 2.84 bits per heavy atom. The molecule has 5 nitrogen and oxygen atoms in total. The van der Waals surface area contributed by atoms with Crippen molar-refractivity contribution in [3.8, 4) is 0 Å². The molecule has 0 atom stereocenters. The molecular formula is C16H12BrFN4OS2. The summed E-state index contributed by atoms with van der Waals surface area (Å²) >= 11 is 5.93. The van der Waals surface area contributed by atoms with E-state index in [2.05, 4.69) is 36.2 Å². The number of nitrogens with one attached hydrogen (secondary N) is 1. The molecule has 9 heteroatoms. The molecule has 3 aromatic rings. The molecule has 0 aliphatic rings. The van der Waals surface area contributed by atoms with Gasteiger partial charge in [0.1, 0.15) is 11.5 Å². The minimum absolute atomic E-state index is 0.207. The first-order chi connectivity index (χ1) is 12.0. The third kappa shape index (κ3) is 4.62. The summed E-state index contributed by atoms with van der Waals surface area (Å²) in [6, 6.07) is 6.53. The molecular weight excluding hydrogens is 427 g/mol. The molecule has 0 bridgehead atoms. The van der Waals surface area contributed by atoms with E-state index >= 15 is 0 Å². The van der Waals surface area contributed by atoms with Crippen LogP contribution in [0.25, 0.3) is 0 Å². The number of halogens is 2. The first-order valence-electron chi connectivity index (χ1n) is 7.15. The van der Waals surface area contributed by atoms with Crippen LogP contribution in [0.5, 0.6) is 0 Å². The summed E-state index contributed by atoms with van der Waals surface area (Å²) in [4.78, 5) is 25.9. The largest absolute Gasteiger partial charge is 0.296 e. The quantitative estimate of drug-likeness (QED) is 0.462. The minimum Gasteiger partial charge on any atom is -0.296 e. The first-order valence-corrected chi connectivity index (χ1v) is 9.75. The van der Waals surface area contributed by atoms with Crippen LogP contribution in [0.2, 0.25) is 0 Å². The van der Waals surface area contributed by atoms with Gasteiger partial charge >= 0.3 is 0 Å². The van der Waals surface area contributed by atoms with Crippen molar-refractivity contribution in [2.45, 2.75) is 17.8 Å². The summed E-state index contributed by atoms with van der Waals surface area (Å²) < 4.78 is 14.2. The van der Waals surface area contributed by atoms with Gasteiger partial charge in [0.2, 0.25) is 0 Å². The molecule has 0 unspecified atom stereocenters. The Kier molecular flexibility index (Phi) is 5.77. The normalized spacial score (nSPS) is 10.7. The van der Waals surface area contributed by atoms with Crippen LogP contribution in [0.1, 0.15) is 20.9 Å². The zero-order valence-electron chi connectivity index (χ0n) is 13.0. The smallest absolute Gasteiger partial charge is 0.277 e. The predicted molar refractivity (Wildman–Crippen MR) is 100 cm³/mol. The number of anilines is 1. The van der Waals surface area contributed by atoms with Gasteiger partial charge in [-0.1, -0.05) is 30.0 Å². The summed E-state index contributed by atoms with van der Waals surface area (Å²) in [5.74, 6) is -0.276. The number of aryl methyl sites for hydroxylation is 1. The maximum Gasteiger partial charge on any atom is 0.277 e. The van der Waals surface area contributed by atoms with Crippen LogP contribution in [0, 0.1) is 12.7 Å². The van der Waals surface area contributed by atoms with Crippen molar-refractivity contribution < 1.29 is 9.18 Å². The van der Waals surface area contributed by atoms with Gasteiger partial charge in [0, 0.05) is 23.0 Å². The van der Waals surface area contributed by atoms with E-state index in [9.17, 15) is 9.18 Å². The Morgan fingerprint density at radius 1 is 1.32 bits per heavy atom. The zero-order chi connectivity index (χ0) is 17.8. The minimum atomic E-state index is -0.378. The van der Waals surface area contributed by atoms with Gasteiger partial charge in [-0.25, -0.2) is 19.3 Å². The van der Waals surface area contributed by atoms with Crippen molar-refractivity contribution in [3.05, 3.63) is 63.1 Å². The predicted octanol–water partition coefficient (Wildman–Crippen LogP) is 4.69. The number of aromatic nitrogens is 3. The standard InChI is InChI=1S/C16H12BrFN4OS2/c1-9-6-19-16(25-9)22-14(23)13-11(17)7-20-15(21-13)24-8-10-4-2-3-5-12(10)18/h2-7H,8H2,1H3,(H,19,22,23). The molecule has 3 rings (SSSR count). The maximum absolute atomic E-state index is 13.7. The Labute approximate surface area is 160 Å². The van der Waals surface area contributed by atoms with E-state index < -0.39 is 0 Å². The van der Waals surface area contributed by atoms with Gasteiger partial charge in [0.15, 0.2) is 10.3 Å². The summed E-state index contributed by atoms with van der Waals surface area (Å²) in [6.07, 6.45) is 3.20. The van der Waals surface area contributed by atoms with Crippen LogP contribution < -0.4 is 5.32 Å². The number of hydrogen-bond acceptors (Lipinski definition) is 6. The van der Waals surface area contributed by atoms with Crippen LogP contribution in [0.4, 0.5) is 9.52 Å². The van der Waals surface area contributed by atoms with Crippen LogP contribution in [-0.2, 0) is 5.75 Å². The maximum atomic E-state index is 13.7. The Balaban J connectivity index is 1.73. The third-order valence-electron chi connectivity index (χ3n) is 3.09. The second-order valence-electron chi connectivity index (χ2n) is 4.96. The Bertz CT molecular complexity index is 919. The lowest BCUT2D eigenvalue weighted by Gasteiger charge is -2.06. The average Bonchev–Trinajstić information content (AvgIpc) is 3.00. The van der Waals surface area contributed by atoms with E-state index in [4.69, 9.17) is 0 Å². The number of nitrogens with zero attached hydrogens (tertiary/aromatic N) is 3. The third-order valence-corrected chi connectivity index (χ3v) is 5.41. The van der Waals surface area contributed by atoms with Crippen molar-refractivity contribution in [3.63, 3.8) is 0 Å². The summed E-state index contributed by atoms with van der Waals surface area (Å²) in [5.41, 5.74) is 0.766. The second-order valence-corrected chi connectivity index (χ2v) is 7.99. The van der Waals surface area contributed by atoms with Crippen molar-refractivity contribution in [2.75, 3.05) is 5.32 Å². The number of thioether (sulfide) groups is 1. The van der Waals surface area contributed by atoms with Gasteiger partial charge in [-0.3, -0.25) is 10.1 Å². The highest BCUT2D eigenvalue weighted by Gasteiger charge is 2.16. The molecule has 1 N–H and O–H groups in total. The number of carbonyl (C=O) groups is 1. The van der Waals surface area contributed by atoms with Gasteiger partial charge in [0.25, 0.3) is 5.91 Å². The summed E-state index contributed by atoms with van der Waals surface area (Å²) in [5, 5.41) is 3.61. The number of thiazole rings is 1. The Hall–Kier alpha value is -1.84. The van der Waals surface area contributed by atoms with Crippen LogP contribution in [0.15, 0.2) is 46.3 Å². The fourth-order valence-electron chi connectivity index (χ4n) is 1.91. The van der Waals surface area contributed by atoms with Gasteiger partial charge in [0.05, 0.1) is 4.47 Å².